The summed E-state index contributed by atoms with van der Waals surface area (Å²) in [6, 6.07) is 0. The lowest BCUT2D eigenvalue weighted by Crippen LogP contribution is -2.35. The van der Waals surface area contributed by atoms with E-state index in [4.69, 9.17) is 5.11 Å². The van der Waals surface area contributed by atoms with Crippen molar-refractivity contribution in [3.63, 3.8) is 0 Å². The summed E-state index contributed by atoms with van der Waals surface area (Å²) in [5.41, 5.74) is 4.36. The van der Waals surface area contributed by atoms with Crippen molar-refractivity contribution in [1.29, 1.82) is 0 Å². The number of nitrogens with one attached hydrogen (secondary N) is 2. The Balaban J connectivity index is 2.82. The topological polar surface area (TPSA) is 61.4 Å². The summed E-state index contributed by atoms with van der Waals surface area (Å²) in [4.78, 5) is 9.58. The molecule has 0 radical (unpaired) electrons. The second kappa shape index (κ2) is 3.42. The molecule has 42 valence electrons. The molecule has 0 aromatic heterocycles. The van der Waals surface area contributed by atoms with E-state index in [1.807, 2.05) is 5.43 Å². The molecule has 0 atom stereocenters. The summed E-state index contributed by atoms with van der Waals surface area (Å²) < 4.78 is 0. The first kappa shape index (κ1) is 6.23. The molecule has 7 heavy (non-hydrogen) atoms. The number of hydrogen-bond donors (Lipinski definition) is 3. The average Bonchev–Trinajstić information content (AvgIpc) is 1.61. The van der Waals surface area contributed by atoms with Gasteiger partial charge in [-0.2, -0.15) is 0 Å². The minimum atomic E-state index is -1.05. The van der Waals surface area contributed by atoms with Crippen molar-refractivity contribution >= 4 is 6.09 Å². The Bertz CT molecular complexity index is 64.0. The minimum Gasteiger partial charge on any atom is -0.464 e. The van der Waals surface area contributed by atoms with Crippen LogP contribution in [0.3, 0.4) is 0 Å². The highest BCUT2D eigenvalue weighted by Crippen LogP contribution is 1.51. The molecule has 3 N–H and O–H groups in total. The fourth-order valence-electron chi connectivity index (χ4n) is 0.164. The van der Waals surface area contributed by atoms with Gasteiger partial charge in [0.05, 0.1) is 0 Å². The molecule has 4 nitrogen and oxygen atoms in total. The van der Waals surface area contributed by atoms with Crippen molar-refractivity contribution in [2.75, 3.05) is 6.54 Å². The SMILES string of the molecule is CCNNC(=O)O. The van der Waals surface area contributed by atoms with Crippen LogP contribution in [-0.4, -0.2) is 17.7 Å². The van der Waals surface area contributed by atoms with Gasteiger partial charge in [0.25, 0.3) is 0 Å². The molecule has 0 unspecified atom stereocenters. The third kappa shape index (κ3) is 5.23. The quantitative estimate of drug-likeness (QED) is 0.424. The molecule has 1 amide bonds. The summed E-state index contributed by atoms with van der Waals surface area (Å²) >= 11 is 0. The maximum Gasteiger partial charge on any atom is 0.419 e. The predicted octanol–water partition coefficient (Wildman–Crippen LogP) is -0.222. The second-order valence-electron chi connectivity index (χ2n) is 0.960. The van der Waals surface area contributed by atoms with E-state index in [0.717, 1.165) is 0 Å². The molecule has 0 spiro atoms. The highest BCUT2D eigenvalue weighted by atomic mass is 16.4. The Labute approximate surface area is 41.5 Å². The van der Waals surface area contributed by atoms with Crippen LogP contribution in [0, 0.1) is 0 Å². The van der Waals surface area contributed by atoms with Gasteiger partial charge in [-0.15, -0.1) is 0 Å². The van der Waals surface area contributed by atoms with Crippen LogP contribution >= 0.6 is 0 Å². The molecule has 0 heterocycles. The highest BCUT2D eigenvalue weighted by molar-refractivity contribution is 5.63. The lowest BCUT2D eigenvalue weighted by Gasteiger charge is -1.95. The van der Waals surface area contributed by atoms with E-state index in [0.29, 0.717) is 6.54 Å². The number of amides is 1. The Kier molecular flexibility index (Phi) is 3.04. The van der Waals surface area contributed by atoms with E-state index < -0.39 is 6.09 Å². The molecule has 0 aromatic carbocycles. The Morgan fingerprint density at radius 3 is 2.57 bits per heavy atom. The fraction of sp³-hybridized carbons (Fsp3) is 0.667. The molecule has 0 saturated heterocycles. The van der Waals surface area contributed by atoms with Crippen molar-refractivity contribution in [3.05, 3.63) is 0 Å². The molecule has 0 bridgehead atoms. The number of hydrazine groups is 1. The van der Waals surface area contributed by atoms with Crippen molar-refractivity contribution < 1.29 is 9.90 Å². The zero-order chi connectivity index (χ0) is 5.70. The van der Waals surface area contributed by atoms with E-state index in [2.05, 4.69) is 5.43 Å². The van der Waals surface area contributed by atoms with Gasteiger partial charge in [0.15, 0.2) is 0 Å². The zero-order valence-corrected chi connectivity index (χ0v) is 4.06. The second-order valence-corrected chi connectivity index (χ2v) is 0.960. The first-order valence-electron chi connectivity index (χ1n) is 1.99. The lowest BCUT2D eigenvalue weighted by atomic mass is 10.8. The third-order valence-corrected chi connectivity index (χ3v) is 0.372. The summed E-state index contributed by atoms with van der Waals surface area (Å²) in [6.45, 7) is 2.41. The van der Waals surface area contributed by atoms with Gasteiger partial charge in [0.2, 0.25) is 0 Å². The van der Waals surface area contributed by atoms with Crippen molar-refractivity contribution in [2.24, 2.45) is 0 Å². The first-order chi connectivity index (χ1) is 3.27. The molecular formula is C3H8N2O2. The molecule has 0 fully saturated rings. The van der Waals surface area contributed by atoms with E-state index in [-0.39, 0.29) is 0 Å². The van der Waals surface area contributed by atoms with Gasteiger partial charge in [-0.05, 0) is 0 Å². The number of carbonyl (C=O) groups is 1. The van der Waals surface area contributed by atoms with Crippen LogP contribution in [0.1, 0.15) is 6.92 Å². The number of rotatable bonds is 2. The monoisotopic (exact) mass is 104 g/mol. The first-order valence-corrected chi connectivity index (χ1v) is 1.99. The number of carboxylic acid groups (broad SMARTS) is 1. The van der Waals surface area contributed by atoms with Gasteiger partial charge in [-0.3, -0.25) is 5.43 Å². The Morgan fingerprint density at radius 2 is 2.43 bits per heavy atom. The fourth-order valence-corrected chi connectivity index (χ4v) is 0.164. The number of hydrogen-bond acceptors (Lipinski definition) is 2. The largest absolute Gasteiger partial charge is 0.464 e. The molecule has 0 aliphatic rings. The zero-order valence-electron chi connectivity index (χ0n) is 4.06. The normalized spacial score (nSPS) is 8.14. The molecule has 0 aliphatic heterocycles. The van der Waals surface area contributed by atoms with Gasteiger partial charge < -0.3 is 5.11 Å². The van der Waals surface area contributed by atoms with Crippen LogP contribution < -0.4 is 10.9 Å². The molecule has 0 rings (SSSR count). The maximum atomic E-state index is 9.58. The predicted molar refractivity (Wildman–Crippen MR) is 24.8 cm³/mol. The van der Waals surface area contributed by atoms with Crippen molar-refractivity contribution in [2.45, 2.75) is 6.92 Å². The molecule has 0 aromatic rings. The van der Waals surface area contributed by atoms with Gasteiger partial charge in [0.1, 0.15) is 0 Å². The highest BCUT2D eigenvalue weighted by Gasteiger charge is 1.85. The van der Waals surface area contributed by atoms with Gasteiger partial charge in [-0.1, -0.05) is 6.92 Å². The Hall–Kier alpha value is -0.770. The van der Waals surface area contributed by atoms with Crippen molar-refractivity contribution in [1.82, 2.24) is 10.9 Å². The van der Waals surface area contributed by atoms with E-state index >= 15 is 0 Å². The minimum absolute atomic E-state index is 0.603. The summed E-state index contributed by atoms with van der Waals surface area (Å²) in [5.74, 6) is 0. The van der Waals surface area contributed by atoms with Gasteiger partial charge in [0, 0.05) is 6.54 Å². The van der Waals surface area contributed by atoms with Crippen LogP contribution in [0.5, 0.6) is 0 Å². The van der Waals surface area contributed by atoms with Crippen molar-refractivity contribution in [3.8, 4) is 0 Å². The molecule has 4 heteroatoms. The van der Waals surface area contributed by atoms with Gasteiger partial charge in [-0.25, -0.2) is 10.2 Å². The van der Waals surface area contributed by atoms with E-state index in [1.165, 1.54) is 0 Å². The summed E-state index contributed by atoms with van der Waals surface area (Å²) in [7, 11) is 0. The van der Waals surface area contributed by atoms with Crippen LogP contribution in [0.25, 0.3) is 0 Å². The molecule has 0 saturated carbocycles. The molecule has 0 aliphatic carbocycles. The third-order valence-electron chi connectivity index (χ3n) is 0.372. The van der Waals surface area contributed by atoms with Crippen LogP contribution in [0.2, 0.25) is 0 Å². The van der Waals surface area contributed by atoms with Crippen LogP contribution in [0.4, 0.5) is 4.79 Å². The van der Waals surface area contributed by atoms with Gasteiger partial charge >= 0.3 is 6.09 Å². The standard InChI is InChI=1S/C3H8N2O2/c1-2-4-5-3(6)7/h4-5H,2H2,1H3,(H,6,7). The van der Waals surface area contributed by atoms with Crippen LogP contribution in [-0.2, 0) is 0 Å². The van der Waals surface area contributed by atoms with E-state index in [9.17, 15) is 4.79 Å². The maximum absolute atomic E-state index is 9.58. The smallest absolute Gasteiger partial charge is 0.419 e. The summed E-state index contributed by atoms with van der Waals surface area (Å²) in [5, 5.41) is 7.87. The molecular weight excluding hydrogens is 96.0 g/mol. The van der Waals surface area contributed by atoms with Crippen LogP contribution in [0.15, 0.2) is 0 Å². The summed E-state index contributed by atoms with van der Waals surface area (Å²) in [6.07, 6.45) is -1.05. The lowest BCUT2D eigenvalue weighted by molar-refractivity contribution is 0.189. The average molecular weight is 104 g/mol. The Morgan fingerprint density at radius 1 is 1.86 bits per heavy atom. The van der Waals surface area contributed by atoms with E-state index in [1.54, 1.807) is 6.92 Å².